The first-order valence-corrected chi connectivity index (χ1v) is 16.7. The Kier molecular flexibility index (Phi) is 7.57. The molecule has 0 saturated heterocycles. The summed E-state index contributed by atoms with van der Waals surface area (Å²) in [6.45, 7) is 17.8. The van der Waals surface area contributed by atoms with Gasteiger partial charge in [-0.15, -0.1) is 0 Å². The molecule has 0 aliphatic heterocycles. The maximum atomic E-state index is 6.56. The molecular weight excluding hydrogens is 591 g/mol. The van der Waals surface area contributed by atoms with E-state index in [1.807, 2.05) is 12.4 Å². The summed E-state index contributed by atoms with van der Waals surface area (Å²) in [5.74, 6) is 1.62. The molecule has 218 valence electrons. The quantitative estimate of drug-likeness (QED) is 0.178. The molecule has 0 radical (unpaired) electrons. The van der Waals surface area contributed by atoms with Crippen LogP contribution in [0.1, 0.15) is 63.8 Å². The van der Waals surface area contributed by atoms with Crippen molar-refractivity contribution in [3.8, 4) is 34.0 Å². The van der Waals surface area contributed by atoms with Gasteiger partial charge in [0.2, 0.25) is 0 Å². The van der Waals surface area contributed by atoms with Crippen molar-refractivity contribution >= 4 is 33.8 Å². The Labute approximate surface area is 261 Å². The van der Waals surface area contributed by atoms with Gasteiger partial charge in [0.05, 0.1) is 0 Å². The molecule has 6 rings (SSSR count). The molecule has 0 N–H and O–H groups in total. The van der Waals surface area contributed by atoms with Crippen LogP contribution >= 0.6 is 0 Å². The molecule has 0 spiro atoms. The van der Waals surface area contributed by atoms with Gasteiger partial charge in [-0.05, 0) is 17.0 Å². The standard InChI is InChI=1S/C39H40N2OSe/c1-24-15-27(33-22-29(11-13-40-33)39(6,7)8)20-30(17-24)42-31-18-25(2)16-28(21-31)37-36-32-10-9-26(23-38(3,4)5)19-35(32)43-34(36)12-14-41-37/h9-22H,23H2,1-8H3. The van der Waals surface area contributed by atoms with Crippen molar-refractivity contribution in [3.05, 3.63) is 107 Å². The predicted molar refractivity (Wildman–Crippen MR) is 183 cm³/mol. The zero-order chi connectivity index (χ0) is 30.5. The molecule has 3 aromatic heterocycles. The molecule has 4 heteroatoms. The first-order chi connectivity index (χ1) is 20.3. The van der Waals surface area contributed by atoms with Crippen molar-refractivity contribution in [1.29, 1.82) is 0 Å². The fraction of sp³-hybridized carbons (Fsp3) is 0.282. The van der Waals surface area contributed by atoms with Crippen molar-refractivity contribution in [2.45, 2.75) is 67.2 Å². The maximum absolute atomic E-state index is 6.56. The summed E-state index contributed by atoms with van der Waals surface area (Å²) in [6.07, 6.45) is 4.95. The average Bonchev–Trinajstić information content (AvgIpc) is 3.29. The van der Waals surface area contributed by atoms with Crippen molar-refractivity contribution in [3.63, 3.8) is 0 Å². The molecule has 0 bridgehead atoms. The van der Waals surface area contributed by atoms with Crippen LogP contribution in [0.25, 0.3) is 41.8 Å². The van der Waals surface area contributed by atoms with Crippen LogP contribution < -0.4 is 4.74 Å². The molecule has 0 aliphatic rings. The number of hydrogen-bond donors (Lipinski definition) is 0. The molecule has 0 fully saturated rings. The van der Waals surface area contributed by atoms with E-state index in [-0.39, 0.29) is 25.3 Å². The summed E-state index contributed by atoms with van der Waals surface area (Å²) >= 11 is 0.274. The minimum absolute atomic E-state index is 0.0564. The zero-order valence-corrected chi connectivity index (χ0v) is 28.2. The molecule has 3 aromatic carbocycles. The second kappa shape index (κ2) is 11.1. The van der Waals surface area contributed by atoms with Gasteiger partial charge in [-0.2, -0.15) is 0 Å². The van der Waals surface area contributed by atoms with E-state index >= 15 is 0 Å². The van der Waals surface area contributed by atoms with Crippen molar-refractivity contribution in [2.75, 3.05) is 0 Å². The molecule has 43 heavy (non-hydrogen) atoms. The van der Waals surface area contributed by atoms with E-state index < -0.39 is 0 Å². The number of nitrogens with zero attached hydrogens (tertiary/aromatic N) is 2. The third kappa shape index (κ3) is 6.47. The summed E-state index contributed by atoms with van der Waals surface area (Å²) in [7, 11) is 0. The first-order valence-electron chi connectivity index (χ1n) is 15.0. The summed E-state index contributed by atoms with van der Waals surface area (Å²) in [4.78, 5) is 9.62. The van der Waals surface area contributed by atoms with E-state index in [1.165, 1.54) is 30.4 Å². The summed E-state index contributed by atoms with van der Waals surface area (Å²) in [5, 5.41) is 2.60. The number of ether oxygens (including phenoxy) is 1. The van der Waals surface area contributed by atoms with Crippen molar-refractivity contribution in [1.82, 2.24) is 9.97 Å². The van der Waals surface area contributed by atoms with E-state index in [0.29, 0.717) is 0 Å². The molecule has 3 nitrogen and oxygen atoms in total. The Morgan fingerprint density at radius 1 is 0.674 bits per heavy atom. The number of aryl methyl sites for hydroxylation is 2. The predicted octanol–water partition coefficient (Wildman–Crippen LogP) is 10.5. The summed E-state index contributed by atoms with van der Waals surface area (Å²) < 4.78 is 9.42. The van der Waals surface area contributed by atoms with Crippen LogP contribution in [0.4, 0.5) is 0 Å². The van der Waals surface area contributed by atoms with Crippen LogP contribution in [-0.4, -0.2) is 24.5 Å². The van der Waals surface area contributed by atoms with Gasteiger partial charge >= 0.3 is 219 Å². The Balaban J connectivity index is 1.38. The molecule has 0 atom stereocenters. The van der Waals surface area contributed by atoms with Gasteiger partial charge < -0.3 is 0 Å². The van der Waals surface area contributed by atoms with E-state index in [1.54, 1.807) is 0 Å². The van der Waals surface area contributed by atoms with E-state index in [0.717, 1.165) is 51.6 Å². The minimum atomic E-state index is 0.0564. The molecule has 0 aliphatic carbocycles. The Bertz CT molecular complexity index is 1970. The fourth-order valence-corrected chi connectivity index (χ4v) is 8.24. The number of rotatable bonds is 5. The number of pyridine rings is 2. The number of aromatic nitrogens is 2. The van der Waals surface area contributed by atoms with Crippen LogP contribution in [0.3, 0.4) is 0 Å². The Morgan fingerprint density at radius 2 is 1.35 bits per heavy atom. The average molecular weight is 632 g/mol. The molecule has 0 amide bonds. The van der Waals surface area contributed by atoms with E-state index in [4.69, 9.17) is 14.7 Å². The van der Waals surface area contributed by atoms with Gasteiger partial charge in [0.25, 0.3) is 0 Å². The van der Waals surface area contributed by atoms with Gasteiger partial charge in [-0.25, -0.2) is 0 Å². The summed E-state index contributed by atoms with van der Waals surface area (Å²) in [6, 6.07) is 26.4. The normalized spacial score (nSPS) is 12.3. The zero-order valence-electron chi connectivity index (χ0n) is 26.5. The SMILES string of the molecule is Cc1cc(Oc2cc(C)cc(-c3nccc4[se]c5cc(CC(C)(C)C)ccc5c34)c2)cc(-c2cc(C(C)(C)C)ccn2)c1. The molecular formula is C39H40N2OSe. The van der Waals surface area contributed by atoms with Gasteiger partial charge in [-0.1, -0.05) is 20.8 Å². The second-order valence-electron chi connectivity index (χ2n) is 14.1. The van der Waals surface area contributed by atoms with Gasteiger partial charge in [0.1, 0.15) is 0 Å². The van der Waals surface area contributed by atoms with Crippen LogP contribution in [-0.2, 0) is 11.8 Å². The summed E-state index contributed by atoms with van der Waals surface area (Å²) in [5.41, 5.74) is 9.41. The number of fused-ring (bicyclic) bond motifs is 3. The Hall–Kier alpha value is -3.72. The van der Waals surface area contributed by atoms with E-state index in [9.17, 15) is 0 Å². The molecule has 0 unspecified atom stereocenters. The third-order valence-electron chi connectivity index (χ3n) is 7.72. The van der Waals surface area contributed by atoms with Gasteiger partial charge in [0.15, 0.2) is 0 Å². The fourth-order valence-electron chi connectivity index (χ4n) is 5.80. The first kappa shape index (κ1) is 29.4. The van der Waals surface area contributed by atoms with Crippen LogP contribution in [0, 0.1) is 19.3 Å². The number of benzene rings is 3. The molecule has 3 heterocycles. The Morgan fingerprint density at radius 3 is 2.05 bits per heavy atom. The van der Waals surface area contributed by atoms with Crippen LogP contribution in [0.5, 0.6) is 11.5 Å². The molecule has 0 saturated carbocycles. The molecule has 6 aromatic rings. The van der Waals surface area contributed by atoms with Crippen molar-refractivity contribution < 1.29 is 4.74 Å². The van der Waals surface area contributed by atoms with Gasteiger partial charge in [-0.3, -0.25) is 0 Å². The van der Waals surface area contributed by atoms with Crippen molar-refractivity contribution in [2.24, 2.45) is 5.41 Å². The number of hydrogen-bond acceptors (Lipinski definition) is 3. The van der Waals surface area contributed by atoms with E-state index in [2.05, 4.69) is 128 Å². The monoisotopic (exact) mass is 632 g/mol. The van der Waals surface area contributed by atoms with Gasteiger partial charge in [0, 0.05) is 6.20 Å². The second-order valence-corrected chi connectivity index (χ2v) is 16.3. The van der Waals surface area contributed by atoms with Crippen LogP contribution in [0.15, 0.2) is 85.2 Å². The van der Waals surface area contributed by atoms with Crippen LogP contribution in [0.2, 0.25) is 0 Å². The topological polar surface area (TPSA) is 35.0 Å². The third-order valence-corrected chi connectivity index (χ3v) is 10.1.